The largest absolute Gasteiger partial charge is 0.415 e. The van der Waals surface area contributed by atoms with Gasteiger partial charge in [0.1, 0.15) is 5.82 Å². The molecule has 1 aromatic carbocycles. The van der Waals surface area contributed by atoms with Crippen molar-refractivity contribution >= 4 is 16.0 Å². The molecule has 0 saturated carbocycles. The maximum absolute atomic E-state index is 13.4. The van der Waals surface area contributed by atoms with Crippen LogP contribution in [0.3, 0.4) is 0 Å². The first-order valence-electron chi connectivity index (χ1n) is 9.67. The van der Waals surface area contributed by atoms with E-state index >= 15 is 0 Å². The van der Waals surface area contributed by atoms with E-state index in [0.29, 0.717) is 5.56 Å². The van der Waals surface area contributed by atoms with E-state index in [2.05, 4.69) is 25.5 Å². The predicted octanol–water partition coefficient (Wildman–Crippen LogP) is 3.43. The lowest BCUT2D eigenvalue weighted by Crippen LogP contribution is -2.37. The van der Waals surface area contributed by atoms with Crippen molar-refractivity contribution in [3.8, 4) is 11.5 Å². The first kappa shape index (κ1) is 23.6. The molecule has 172 valence electrons. The van der Waals surface area contributed by atoms with Crippen molar-refractivity contribution in [1.29, 1.82) is 0 Å². The van der Waals surface area contributed by atoms with Crippen LogP contribution in [-0.2, 0) is 10.0 Å². The van der Waals surface area contributed by atoms with Crippen LogP contribution in [-0.4, -0.2) is 51.7 Å². The SMILES string of the molecule is CCN(CC(Nc1ncc(-c2nnc(C(F)F)o2)cn1)c1ccc(F)cc1)S(=O)(=O)CC. The molecule has 0 aliphatic heterocycles. The third-order valence-corrected chi connectivity index (χ3v) is 6.52. The summed E-state index contributed by atoms with van der Waals surface area (Å²) in [6.45, 7) is 3.58. The molecule has 0 radical (unpaired) electrons. The van der Waals surface area contributed by atoms with Gasteiger partial charge in [-0.05, 0) is 24.6 Å². The highest BCUT2D eigenvalue weighted by molar-refractivity contribution is 7.89. The molecule has 0 fully saturated rings. The fraction of sp³-hybridized carbons (Fsp3) is 0.368. The van der Waals surface area contributed by atoms with Crippen LogP contribution in [0.15, 0.2) is 41.1 Å². The van der Waals surface area contributed by atoms with Crippen LogP contribution >= 0.6 is 0 Å². The molecule has 3 rings (SSSR count). The minimum atomic E-state index is -3.47. The summed E-state index contributed by atoms with van der Waals surface area (Å²) in [5, 5.41) is 9.83. The molecule has 3 aromatic rings. The molecule has 0 aliphatic carbocycles. The van der Waals surface area contributed by atoms with Gasteiger partial charge in [0.15, 0.2) is 0 Å². The van der Waals surface area contributed by atoms with Gasteiger partial charge in [0.25, 0.3) is 11.8 Å². The molecule has 13 heteroatoms. The Bertz CT molecular complexity index is 1120. The summed E-state index contributed by atoms with van der Waals surface area (Å²) in [5.41, 5.74) is 0.860. The first-order valence-corrected chi connectivity index (χ1v) is 11.3. The number of nitrogens with zero attached hydrogens (tertiary/aromatic N) is 5. The zero-order valence-electron chi connectivity index (χ0n) is 17.2. The van der Waals surface area contributed by atoms with Gasteiger partial charge in [-0.3, -0.25) is 0 Å². The fourth-order valence-electron chi connectivity index (χ4n) is 2.86. The summed E-state index contributed by atoms with van der Waals surface area (Å²) >= 11 is 0. The fourth-order valence-corrected chi connectivity index (χ4v) is 4.00. The van der Waals surface area contributed by atoms with Crippen molar-refractivity contribution < 1.29 is 26.0 Å². The summed E-state index contributed by atoms with van der Waals surface area (Å²) in [6.07, 6.45) is -0.282. The Morgan fingerprint density at radius 3 is 2.28 bits per heavy atom. The van der Waals surface area contributed by atoms with Crippen LogP contribution in [0, 0.1) is 5.82 Å². The highest BCUT2D eigenvalue weighted by atomic mass is 32.2. The second-order valence-electron chi connectivity index (χ2n) is 6.64. The van der Waals surface area contributed by atoms with Gasteiger partial charge in [-0.25, -0.2) is 22.8 Å². The number of aromatic nitrogens is 4. The van der Waals surface area contributed by atoms with Crippen LogP contribution in [0.4, 0.5) is 19.1 Å². The second-order valence-corrected chi connectivity index (χ2v) is 8.90. The molecule has 2 aromatic heterocycles. The average molecular weight is 470 g/mol. The van der Waals surface area contributed by atoms with E-state index in [-0.39, 0.29) is 36.2 Å². The normalized spacial score (nSPS) is 13.0. The maximum atomic E-state index is 13.4. The molecular formula is C19H21F3N6O3S. The minimum Gasteiger partial charge on any atom is -0.415 e. The molecule has 9 nitrogen and oxygen atoms in total. The van der Waals surface area contributed by atoms with Gasteiger partial charge in [0.2, 0.25) is 16.0 Å². The number of hydrogen-bond donors (Lipinski definition) is 1. The lowest BCUT2D eigenvalue weighted by Gasteiger charge is -2.26. The van der Waals surface area contributed by atoms with Crippen LogP contribution in [0.1, 0.15) is 37.8 Å². The molecule has 0 saturated heterocycles. The summed E-state index contributed by atoms with van der Waals surface area (Å²) in [5.74, 6) is -1.32. The second kappa shape index (κ2) is 10.0. The summed E-state index contributed by atoms with van der Waals surface area (Å²) in [6, 6.07) is 5.04. The van der Waals surface area contributed by atoms with Gasteiger partial charge in [0.05, 0.1) is 17.4 Å². The van der Waals surface area contributed by atoms with E-state index in [4.69, 9.17) is 4.42 Å². The monoisotopic (exact) mass is 470 g/mol. The standard InChI is InChI=1S/C19H21F3N6O3S/c1-3-28(32(29,30)4-2)11-15(12-5-7-14(20)8-6-12)25-19-23-9-13(10-24-19)17-26-27-18(31-17)16(21)22/h5-10,15-16H,3-4,11H2,1-2H3,(H,23,24,25). The van der Waals surface area contributed by atoms with Crippen molar-refractivity contribution in [2.45, 2.75) is 26.3 Å². The molecule has 1 N–H and O–H groups in total. The van der Waals surface area contributed by atoms with Crippen molar-refractivity contribution in [2.75, 3.05) is 24.2 Å². The molecular weight excluding hydrogens is 449 g/mol. The van der Waals surface area contributed by atoms with E-state index < -0.39 is 34.2 Å². The Kier molecular flexibility index (Phi) is 7.40. The number of halogens is 3. The maximum Gasteiger partial charge on any atom is 0.314 e. The number of alkyl halides is 2. The van der Waals surface area contributed by atoms with Crippen LogP contribution in [0.2, 0.25) is 0 Å². The van der Waals surface area contributed by atoms with E-state index in [1.165, 1.54) is 41.0 Å². The van der Waals surface area contributed by atoms with E-state index in [9.17, 15) is 21.6 Å². The summed E-state index contributed by atoms with van der Waals surface area (Å²) in [7, 11) is -3.47. The number of sulfonamides is 1. The Hall–Kier alpha value is -3.06. The lowest BCUT2D eigenvalue weighted by atomic mass is 10.1. The van der Waals surface area contributed by atoms with Gasteiger partial charge in [-0.15, -0.1) is 10.2 Å². The highest BCUT2D eigenvalue weighted by Crippen LogP contribution is 2.24. The van der Waals surface area contributed by atoms with E-state index in [1.54, 1.807) is 13.8 Å². The van der Waals surface area contributed by atoms with Gasteiger partial charge in [-0.2, -0.15) is 13.1 Å². The molecule has 32 heavy (non-hydrogen) atoms. The molecule has 1 unspecified atom stereocenters. The van der Waals surface area contributed by atoms with Gasteiger partial charge >= 0.3 is 6.43 Å². The van der Waals surface area contributed by atoms with Crippen molar-refractivity contribution in [1.82, 2.24) is 24.5 Å². The Labute approximate surface area is 182 Å². The lowest BCUT2D eigenvalue weighted by molar-refractivity contribution is 0.116. The zero-order valence-corrected chi connectivity index (χ0v) is 18.1. The quantitative estimate of drug-likeness (QED) is 0.479. The van der Waals surface area contributed by atoms with E-state index in [0.717, 1.165) is 0 Å². The van der Waals surface area contributed by atoms with Crippen LogP contribution in [0.5, 0.6) is 0 Å². The van der Waals surface area contributed by atoms with E-state index in [1.807, 2.05) is 0 Å². The Morgan fingerprint density at radius 2 is 1.75 bits per heavy atom. The molecule has 0 aliphatic rings. The minimum absolute atomic E-state index is 0.0603. The molecule has 0 amide bonds. The number of hydrogen-bond acceptors (Lipinski definition) is 8. The molecule has 1 atom stereocenters. The van der Waals surface area contributed by atoms with Crippen LogP contribution < -0.4 is 5.32 Å². The highest BCUT2D eigenvalue weighted by Gasteiger charge is 2.24. The number of benzene rings is 1. The van der Waals surface area contributed by atoms with Crippen molar-refractivity contribution in [3.63, 3.8) is 0 Å². The Morgan fingerprint density at radius 1 is 1.09 bits per heavy atom. The zero-order chi connectivity index (χ0) is 23.3. The number of likely N-dealkylation sites (N-methyl/N-ethyl adjacent to an activating group) is 1. The molecule has 2 heterocycles. The third-order valence-electron chi connectivity index (χ3n) is 4.60. The van der Waals surface area contributed by atoms with Gasteiger partial charge < -0.3 is 9.73 Å². The summed E-state index contributed by atoms with van der Waals surface area (Å²) < 4.78 is 69.6. The molecule has 0 bridgehead atoms. The smallest absolute Gasteiger partial charge is 0.314 e. The van der Waals surface area contributed by atoms with Crippen LogP contribution in [0.25, 0.3) is 11.5 Å². The van der Waals surface area contributed by atoms with Crippen molar-refractivity contribution in [2.24, 2.45) is 0 Å². The van der Waals surface area contributed by atoms with Gasteiger partial charge in [0, 0.05) is 25.5 Å². The first-order chi connectivity index (χ1) is 15.2. The van der Waals surface area contributed by atoms with Crippen molar-refractivity contribution in [3.05, 3.63) is 53.9 Å². The number of rotatable bonds is 10. The number of anilines is 1. The average Bonchev–Trinajstić information content (AvgIpc) is 3.28. The third kappa shape index (κ3) is 5.59. The molecule has 0 spiro atoms. The Balaban J connectivity index is 1.84. The van der Waals surface area contributed by atoms with Gasteiger partial charge in [-0.1, -0.05) is 19.1 Å². The summed E-state index contributed by atoms with van der Waals surface area (Å²) in [4.78, 5) is 8.26. The number of nitrogens with one attached hydrogen (secondary N) is 1. The predicted molar refractivity (Wildman–Crippen MR) is 110 cm³/mol. The topological polar surface area (TPSA) is 114 Å².